The molecule has 100 valence electrons. The van der Waals surface area contributed by atoms with Crippen LogP contribution < -0.4 is 5.32 Å². The summed E-state index contributed by atoms with van der Waals surface area (Å²) in [5.41, 5.74) is 0. The number of carboxylic acids is 1. The van der Waals surface area contributed by atoms with Crippen molar-refractivity contribution >= 4 is 18.0 Å². The van der Waals surface area contributed by atoms with Crippen LogP contribution in [0, 0.1) is 0 Å². The van der Waals surface area contributed by atoms with Crippen LogP contribution in [0.2, 0.25) is 0 Å². The summed E-state index contributed by atoms with van der Waals surface area (Å²) in [6.07, 6.45) is 1.67. The van der Waals surface area contributed by atoms with Crippen molar-refractivity contribution in [3.8, 4) is 0 Å². The zero-order valence-electron chi connectivity index (χ0n) is 9.92. The maximum Gasteiger partial charge on any atom is 0.408 e. The first-order valence-electron chi connectivity index (χ1n) is 5.59. The van der Waals surface area contributed by atoms with Crippen LogP contribution in [-0.2, 0) is 14.3 Å². The van der Waals surface area contributed by atoms with Gasteiger partial charge in [-0.1, -0.05) is 12.7 Å². The number of carbonyl (C=O) groups is 3. The average molecular weight is 256 g/mol. The van der Waals surface area contributed by atoms with Crippen molar-refractivity contribution in [1.82, 2.24) is 10.2 Å². The molecule has 0 bridgehead atoms. The minimum absolute atomic E-state index is 0.000811. The minimum atomic E-state index is -1.20. The number of nitrogens with zero attached hydrogens (tertiary/aromatic N) is 1. The molecule has 1 atom stereocenters. The molecule has 1 fully saturated rings. The van der Waals surface area contributed by atoms with E-state index in [9.17, 15) is 14.4 Å². The number of rotatable bonds is 6. The van der Waals surface area contributed by atoms with Crippen molar-refractivity contribution in [1.29, 1.82) is 0 Å². The van der Waals surface area contributed by atoms with E-state index < -0.39 is 18.1 Å². The molecule has 1 heterocycles. The van der Waals surface area contributed by atoms with E-state index in [-0.39, 0.29) is 19.1 Å². The van der Waals surface area contributed by atoms with Gasteiger partial charge in [-0.3, -0.25) is 4.79 Å². The first kappa shape index (κ1) is 14.0. The number of hydrogen-bond acceptors (Lipinski definition) is 4. The number of alkyl carbamates (subject to hydrolysis) is 1. The van der Waals surface area contributed by atoms with Gasteiger partial charge in [0.1, 0.15) is 12.6 Å². The molecule has 7 heteroatoms. The second kappa shape index (κ2) is 6.63. The quantitative estimate of drug-likeness (QED) is 0.651. The van der Waals surface area contributed by atoms with Gasteiger partial charge in [0.2, 0.25) is 5.91 Å². The SMILES string of the molecule is C=CCOC(=O)N[C@@H](CN1CCCC1=O)C(=O)O. The number of hydrogen-bond donors (Lipinski definition) is 2. The molecule has 0 aliphatic carbocycles. The molecule has 1 saturated heterocycles. The van der Waals surface area contributed by atoms with Crippen molar-refractivity contribution in [3.05, 3.63) is 12.7 Å². The van der Waals surface area contributed by atoms with Gasteiger partial charge in [-0.05, 0) is 6.42 Å². The van der Waals surface area contributed by atoms with Crippen molar-refractivity contribution in [3.63, 3.8) is 0 Å². The molecular formula is C11H16N2O5. The van der Waals surface area contributed by atoms with Crippen LogP contribution in [0.25, 0.3) is 0 Å². The van der Waals surface area contributed by atoms with E-state index in [4.69, 9.17) is 5.11 Å². The van der Waals surface area contributed by atoms with Crippen LogP contribution in [0.3, 0.4) is 0 Å². The molecule has 0 spiro atoms. The van der Waals surface area contributed by atoms with E-state index in [0.29, 0.717) is 19.4 Å². The Bertz CT molecular complexity index is 355. The highest BCUT2D eigenvalue weighted by molar-refractivity contribution is 5.82. The second-order valence-corrected chi connectivity index (χ2v) is 3.87. The summed E-state index contributed by atoms with van der Waals surface area (Å²) in [6.45, 7) is 3.84. The van der Waals surface area contributed by atoms with Crippen LogP contribution in [0.5, 0.6) is 0 Å². The van der Waals surface area contributed by atoms with E-state index in [1.807, 2.05) is 0 Å². The van der Waals surface area contributed by atoms with Gasteiger partial charge in [-0.15, -0.1) is 0 Å². The highest BCUT2D eigenvalue weighted by Crippen LogP contribution is 2.10. The Morgan fingerprint density at radius 1 is 1.61 bits per heavy atom. The van der Waals surface area contributed by atoms with Crippen molar-refractivity contribution in [2.24, 2.45) is 0 Å². The summed E-state index contributed by atoms with van der Waals surface area (Å²) in [6, 6.07) is -1.16. The molecule has 1 rings (SSSR count). The lowest BCUT2D eigenvalue weighted by Gasteiger charge is -2.21. The predicted molar refractivity (Wildman–Crippen MR) is 61.9 cm³/mol. The molecule has 0 unspecified atom stereocenters. The summed E-state index contributed by atoms with van der Waals surface area (Å²) in [4.78, 5) is 35.0. The Hall–Kier alpha value is -2.05. The summed E-state index contributed by atoms with van der Waals surface area (Å²) in [5, 5.41) is 11.2. The Kier molecular flexibility index (Phi) is 5.16. The molecule has 2 N–H and O–H groups in total. The summed E-state index contributed by atoms with van der Waals surface area (Å²) in [5.74, 6) is -1.30. The van der Waals surface area contributed by atoms with Crippen LogP contribution in [0.15, 0.2) is 12.7 Å². The molecule has 0 radical (unpaired) electrons. The normalized spacial score (nSPS) is 16.2. The van der Waals surface area contributed by atoms with Crippen LogP contribution in [-0.4, -0.2) is 53.7 Å². The average Bonchev–Trinajstić information content (AvgIpc) is 2.71. The fourth-order valence-electron chi connectivity index (χ4n) is 1.62. The van der Waals surface area contributed by atoms with Crippen molar-refractivity contribution in [2.45, 2.75) is 18.9 Å². The number of likely N-dealkylation sites (tertiary alicyclic amines) is 1. The zero-order valence-corrected chi connectivity index (χ0v) is 9.92. The Morgan fingerprint density at radius 3 is 2.83 bits per heavy atom. The molecule has 0 aromatic carbocycles. The number of nitrogens with one attached hydrogen (secondary N) is 1. The van der Waals surface area contributed by atoms with E-state index in [1.54, 1.807) is 0 Å². The summed E-state index contributed by atoms with van der Waals surface area (Å²) in [7, 11) is 0. The van der Waals surface area contributed by atoms with Gasteiger partial charge < -0.3 is 20.1 Å². The second-order valence-electron chi connectivity index (χ2n) is 3.87. The number of carbonyl (C=O) groups excluding carboxylic acids is 2. The molecular weight excluding hydrogens is 240 g/mol. The first-order valence-corrected chi connectivity index (χ1v) is 5.59. The first-order chi connectivity index (χ1) is 8.54. The van der Waals surface area contributed by atoms with E-state index >= 15 is 0 Å². The van der Waals surface area contributed by atoms with E-state index in [2.05, 4.69) is 16.6 Å². The lowest BCUT2D eigenvalue weighted by molar-refractivity contribution is -0.140. The third-order valence-electron chi connectivity index (χ3n) is 2.50. The third kappa shape index (κ3) is 4.08. The summed E-state index contributed by atoms with van der Waals surface area (Å²) < 4.78 is 4.63. The molecule has 2 amide bonds. The molecule has 1 aliphatic rings. The number of aliphatic carboxylic acids is 1. The number of ether oxygens (including phenoxy) is 1. The number of carboxylic acid groups (broad SMARTS) is 1. The molecule has 7 nitrogen and oxygen atoms in total. The van der Waals surface area contributed by atoms with Gasteiger partial charge in [-0.25, -0.2) is 9.59 Å². The van der Waals surface area contributed by atoms with Gasteiger partial charge in [0, 0.05) is 13.0 Å². The molecule has 0 aromatic heterocycles. The maximum absolute atomic E-state index is 11.4. The van der Waals surface area contributed by atoms with Crippen LogP contribution in [0.1, 0.15) is 12.8 Å². The fourth-order valence-corrected chi connectivity index (χ4v) is 1.62. The van der Waals surface area contributed by atoms with Crippen LogP contribution in [0.4, 0.5) is 4.79 Å². The predicted octanol–water partition coefficient (Wildman–Crippen LogP) is -0.0258. The Morgan fingerprint density at radius 2 is 2.33 bits per heavy atom. The van der Waals surface area contributed by atoms with Crippen molar-refractivity contribution in [2.75, 3.05) is 19.7 Å². The maximum atomic E-state index is 11.4. The smallest absolute Gasteiger partial charge is 0.408 e. The molecule has 0 aromatic rings. The van der Waals surface area contributed by atoms with Gasteiger partial charge in [-0.2, -0.15) is 0 Å². The van der Waals surface area contributed by atoms with Crippen LogP contribution >= 0.6 is 0 Å². The van der Waals surface area contributed by atoms with Gasteiger partial charge in [0.15, 0.2) is 0 Å². The van der Waals surface area contributed by atoms with Gasteiger partial charge in [0.05, 0.1) is 6.54 Å². The van der Waals surface area contributed by atoms with Gasteiger partial charge in [0.25, 0.3) is 0 Å². The lowest BCUT2D eigenvalue weighted by atomic mass is 10.3. The van der Waals surface area contributed by atoms with Gasteiger partial charge >= 0.3 is 12.1 Å². The lowest BCUT2D eigenvalue weighted by Crippen LogP contribution is -2.49. The third-order valence-corrected chi connectivity index (χ3v) is 2.50. The fraction of sp³-hybridized carbons (Fsp3) is 0.545. The molecule has 1 aliphatic heterocycles. The van der Waals surface area contributed by atoms with Crippen molar-refractivity contribution < 1.29 is 24.2 Å². The van der Waals surface area contributed by atoms with E-state index in [0.717, 1.165) is 0 Å². The van der Waals surface area contributed by atoms with E-state index in [1.165, 1.54) is 11.0 Å². The highest BCUT2D eigenvalue weighted by atomic mass is 16.5. The topological polar surface area (TPSA) is 95.9 Å². The molecule has 18 heavy (non-hydrogen) atoms. The monoisotopic (exact) mass is 256 g/mol. The largest absolute Gasteiger partial charge is 0.480 e. The highest BCUT2D eigenvalue weighted by Gasteiger charge is 2.28. The standard InChI is InChI=1S/C11H16N2O5/c1-2-6-18-11(17)12-8(10(15)16)7-13-5-3-4-9(13)14/h2,8H,1,3-7H2,(H,12,17)(H,15,16)/t8-/m0/s1. The minimum Gasteiger partial charge on any atom is -0.480 e. The molecule has 0 saturated carbocycles. The summed E-state index contributed by atoms with van der Waals surface area (Å²) >= 11 is 0. The Labute approximate surface area is 104 Å². The number of amides is 2. The zero-order chi connectivity index (χ0) is 13.5. The Balaban J connectivity index is 2.49.